The highest BCUT2D eigenvalue weighted by Gasteiger charge is 2.28. The van der Waals surface area contributed by atoms with Crippen LogP contribution in [0.25, 0.3) is 0 Å². The maximum absolute atomic E-state index is 11.7. The summed E-state index contributed by atoms with van der Waals surface area (Å²) < 4.78 is 5.65. The zero-order chi connectivity index (χ0) is 11.7. The van der Waals surface area contributed by atoms with E-state index in [1.54, 1.807) is 0 Å². The fourth-order valence-corrected chi connectivity index (χ4v) is 2.13. The molecule has 1 unspecified atom stereocenters. The summed E-state index contributed by atoms with van der Waals surface area (Å²) in [6.45, 7) is 3.94. The summed E-state index contributed by atoms with van der Waals surface area (Å²) in [4.78, 5) is 11.7. The molecule has 2 nitrogen and oxygen atoms in total. The van der Waals surface area contributed by atoms with Crippen LogP contribution in [0.3, 0.4) is 0 Å². The topological polar surface area (TPSA) is 26.3 Å². The third kappa shape index (κ3) is 2.07. The average Bonchev–Trinajstić information content (AvgIpc) is 2.62. The number of benzene rings is 1. The lowest BCUT2D eigenvalue weighted by Gasteiger charge is -2.08. The molecule has 3 heteroatoms. The highest BCUT2D eigenvalue weighted by atomic mass is 35.5. The second-order valence-electron chi connectivity index (χ2n) is 4.24. The Morgan fingerprint density at radius 2 is 2.31 bits per heavy atom. The first-order valence-electron chi connectivity index (χ1n) is 5.60. The van der Waals surface area contributed by atoms with Gasteiger partial charge in [-0.2, -0.15) is 0 Å². The van der Waals surface area contributed by atoms with Crippen LogP contribution in [0.15, 0.2) is 12.1 Å². The van der Waals surface area contributed by atoms with Gasteiger partial charge in [-0.1, -0.05) is 18.5 Å². The third-order valence-electron chi connectivity index (χ3n) is 2.87. The molecule has 1 aliphatic rings. The highest BCUT2D eigenvalue weighted by molar-refractivity contribution is 6.31. The van der Waals surface area contributed by atoms with E-state index in [0.717, 1.165) is 28.3 Å². The molecule has 1 aliphatic heterocycles. The molecule has 86 valence electrons. The van der Waals surface area contributed by atoms with E-state index in [-0.39, 0.29) is 11.9 Å². The number of aryl methyl sites for hydroxylation is 1. The molecule has 0 saturated heterocycles. The van der Waals surface area contributed by atoms with Crippen molar-refractivity contribution in [3.63, 3.8) is 0 Å². The molecule has 1 atom stereocenters. The molecule has 0 aliphatic carbocycles. The molecule has 0 amide bonds. The first-order valence-corrected chi connectivity index (χ1v) is 5.98. The highest BCUT2D eigenvalue weighted by Crippen LogP contribution is 2.33. The van der Waals surface area contributed by atoms with E-state index in [0.29, 0.717) is 12.8 Å². The molecule has 1 aromatic rings. The predicted octanol–water partition coefficient (Wildman–Crippen LogP) is 3.32. The molecular weight excluding hydrogens is 224 g/mol. The molecule has 1 heterocycles. The SMILES string of the molecule is CCCC(=O)C1Cc2cc(Cl)c(C)cc2O1. The standard InChI is InChI=1S/C13H15ClO2/c1-3-4-11(15)13-7-9-6-10(14)8(2)5-12(9)16-13/h5-6,13H,3-4,7H2,1-2H3. The molecule has 0 aromatic heterocycles. The van der Waals surface area contributed by atoms with Gasteiger partial charge in [0.25, 0.3) is 0 Å². The van der Waals surface area contributed by atoms with Crippen LogP contribution < -0.4 is 4.74 Å². The maximum atomic E-state index is 11.7. The second kappa shape index (κ2) is 4.46. The van der Waals surface area contributed by atoms with Crippen molar-refractivity contribution in [3.8, 4) is 5.75 Å². The number of ether oxygens (including phenoxy) is 1. The van der Waals surface area contributed by atoms with Gasteiger partial charge in [0.2, 0.25) is 0 Å². The molecule has 2 rings (SSSR count). The van der Waals surface area contributed by atoms with Crippen molar-refractivity contribution < 1.29 is 9.53 Å². The van der Waals surface area contributed by atoms with Crippen LogP contribution in [0.5, 0.6) is 5.75 Å². The van der Waals surface area contributed by atoms with Gasteiger partial charge in [-0.3, -0.25) is 4.79 Å². The summed E-state index contributed by atoms with van der Waals surface area (Å²) >= 11 is 6.04. The van der Waals surface area contributed by atoms with E-state index in [1.807, 2.05) is 26.0 Å². The number of Topliss-reactive ketones (excluding diaryl/α,β-unsaturated/α-hetero) is 1. The molecular formula is C13H15ClO2. The van der Waals surface area contributed by atoms with Gasteiger partial charge in [0.15, 0.2) is 11.9 Å². The van der Waals surface area contributed by atoms with E-state index >= 15 is 0 Å². The lowest BCUT2D eigenvalue weighted by Crippen LogP contribution is -2.24. The number of rotatable bonds is 3. The van der Waals surface area contributed by atoms with E-state index in [9.17, 15) is 4.79 Å². The van der Waals surface area contributed by atoms with Gasteiger partial charge >= 0.3 is 0 Å². The monoisotopic (exact) mass is 238 g/mol. The minimum Gasteiger partial charge on any atom is -0.482 e. The van der Waals surface area contributed by atoms with Crippen LogP contribution in [0.4, 0.5) is 0 Å². The normalized spacial score (nSPS) is 18.1. The van der Waals surface area contributed by atoms with Crippen LogP contribution >= 0.6 is 11.6 Å². The molecule has 0 bridgehead atoms. The zero-order valence-electron chi connectivity index (χ0n) is 9.55. The lowest BCUT2D eigenvalue weighted by molar-refractivity contribution is -0.125. The number of hydrogen-bond donors (Lipinski definition) is 0. The second-order valence-corrected chi connectivity index (χ2v) is 4.64. The molecule has 0 saturated carbocycles. The van der Waals surface area contributed by atoms with Gasteiger partial charge in [-0.15, -0.1) is 0 Å². The number of halogens is 1. The minimum absolute atomic E-state index is 0.187. The van der Waals surface area contributed by atoms with Gasteiger partial charge < -0.3 is 4.74 Å². The van der Waals surface area contributed by atoms with Crippen molar-refractivity contribution in [2.24, 2.45) is 0 Å². The summed E-state index contributed by atoms with van der Waals surface area (Å²) in [5.41, 5.74) is 2.04. The van der Waals surface area contributed by atoms with Crippen LogP contribution in [-0.4, -0.2) is 11.9 Å². The maximum Gasteiger partial charge on any atom is 0.173 e. The zero-order valence-corrected chi connectivity index (χ0v) is 10.3. The Morgan fingerprint density at radius 1 is 1.56 bits per heavy atom. The number of fused-ring (bicyclic) bond motifs is 1. The first-order chi connectivity index (χ1) is 7.61. The van der Waals surface area contributed by atoms with Crippen molar-refractivity contribution in [2.75, 3.05) is 0 Å². The Hall–Kier alpha value is -1.02. The fourth-order valence-electron chi connectivity index (χ4n) is 1.95. The van der Waals surface area contributed by atoms with Crippen LogP contribution in [0.1, 0.15) is 30.9 Å². The van der Waals surface area contributed by atoms with E-state index in [1.165, 1.54) is 0 Å². The van der Waals surface area contributed by atoms with Crippen LogP contribution in [-0.2, 0) is 11.2 Å². The fraction of sp³-hybridized carbons (Fsp3) is 0.462. The first kappa shape index (κ1) is 11.5. The van der Waals surface area contributed by atoms with Crippen molar-refractivity contribution >= 4 is 17.4 Å². The van der Waals surface area contributed by atoms with Gasteiger partial charge in [-0.25, -0.2) is 0 Å². The van der Waals surface area contributed by atoms with E-state index in [2.05, 4.69) is 0 Å². The number of carbonyl (C=O) groups is 1. The van der Waals surface area contributed by atoms with Crippen LogP contribution in [0.2, 0.25) is 5.02 Å². The smallest absolute Gasteiger partial charge is 0.173 e. The molecule has 1 aromatic carbocycles. The molecule has 0 spiro atoms. The van der Waals surface area contributed by atoms with Crippen LogP contribution in [0, 0.1) is 6.92 Å². The lowest BCUT2D eigenvalue weighted by atomic mass is 10.0. The predicted molar refractivity (Wildman–Crippen MR) is 64.2 cm³/mol. The van der Waals surface area contributed by atoms with Crippen molar-refractivity contribution in [1.29, 1.82) is 0 Å². The summed E-state index contributed by atoms with van der Waals surface area (Å²) in [6.07, 6.45) is 1.82. The van der Waals surface area contributed by atoms with E-state index < -0.39 is 0 Å². The number of ketones is 1. The number of hydrogen-bond acceptors (Lipinski definition) is 2. The Kier molecular flexibility index (Phi) is 3.20. The quantitative estimate of drug-likeness (QED) is 0.808. The van der Waals surface area contributed by atoms with Gasteiger partial charge in [0, 0.05) is 17.9 Å². The Bertz CT molecular complexity index is 395. The Labute approximate surface area is 101 Å². The number of carbonyl (C=O) groups excluding carboxylic acids is 1. The molecule has 0 radical (unpaired) electrons. The van der Waals surface area contributed by atoms with Crippen molar-refractivity contribution in [3.05, 3.63) is 28.3 Å². The van der Waals surface area contributed by atoms with Gasteiger partial charge in [0.05, 0.1) is 0 Å². The Balaban J connectivity index is 2.18. The van der Waals surface area contributed by atoms with Gasteiger partial charge in [-0.05, 0) is 36.6 Å². The summed E-state index contributed by atoms with van der Waals surface area (Å²) in [5.74, 6) is 1.00. The third-order valence-corrected chi connectivity index (χ3v) is 3.28. The minimum atomic E-state index is -0.298. The molecule has 0 N–H and O–H groups in total. The van der Waals surface area contributed by atoms with Crippen molar-refractivity contribution in [1.82, 2.24) is 0 Å². The molecule has 16 heavy (non-hydrogen) atoms. The average molecular weight is 239 g/mol. The summed E-state index contributed by atoms with van der Waals surface area (Å²) in [6, 6.07) is 3.82. The largest absolute Gasteiger partial charge is 0.482 e. The summed E-state index contributed by atoms with van der Waals surface area (Å²) in [5, 5.41) is 0.742. The van der Waals surface area contributed by atoms with Crippen molar-refractivity contribution in [2.45, 2.75) is 39.2 Å². The summed E-state index contributed by atoms with van der Waals surface area (Å²) in [7, 11) is 0. The van der Waals surface area contributed by atoms with E-state index in [4.69, 9.17) is 16.3 Å². The van der Waals surface area contributed by atoms with Gasteiger partial charge in [0.1, 0.15) is 5.75 Å². The molecule has 0 fully saturated rings. The Morgan fingerprint density at radius 3 is 3.00 bits per heavy atom.